The number of benzene rings is 2. The number of nitrogens with two attached hydrogens (primary N) is 1. The van der Waals surface area contributed by atoms with E-state index in [9.17, 15) is 34.8 Å². The Balaban J connectivity index is 2.20. The van der Waals surface area contributed by atoms with Crippen LogP contribution in [0.5, 0.6) is 0 Å². The molecular formula is C16H14N2O9S3. The normalized spacial score (nSPS) is 15.4. The summed E-state index contributed by atoms with van der Waals surface area (Å²) in [5.74, 6) is -1.70. The molecule has 11 nitrogen and oxygen atoms in total. The number of nitrogens with one attached hydrogen (secondary N) is 1. The summed E-state index contributed by atoms with van der Waals surface area (Å²) in [6.45, 7) is 0.874. The van der Waals surface area contributed by atoms with E-state index in [2.05, 4.69) is 0 Å². The first-order chi connectivity index (χ1) is 13.6. The highest BCUT2D eigenvalue weighted by atomic mass is 32.2. The van der Waals surface area contributed by atoms with Gasteiger partial charge in [-0.2, -0.15) is 13.1 Å². The fourth-order valence-electron chi connectivity index (χ4n) is 2.89. The molecule has 2 aromatic rings. The van der Waals surface area contributed by atoms with Crippen molar-refractivity contribution in [3.63, 3.8) is 0 Å². The van der Waals surface area contributed by atoms with Gasteiger partial charge in [-0.25, -0.2) is 22.0 Å². The van der Waals surface area contributed by atoms with Crippen LogP contribution in [0.1, 0.15) is 38.8 Å². The van der Waals surface area contributed by atoms with Crippen molar-refractivity contribution in [1.29, 1.82) is 0 Å². The standard InChI is InChI=1S/C16H14N2O9S3/c1-8(30(25,26)27)18-29(23,24)13-4-2-3-11-14(13)16(20)10-6-5-9(28(17,21)22)7-12(10)15(11)19/h2-8,18H,1H3,(H2,17,21,22)(H,25,26,27). The first kappa shape index (κ1) is 22.2. The Hall–Kier alpha value is -2.49. The fraction of sp³-hybridized carbons (Fsp3) is 0.125. The molecule has 0 aliphatic heterocycles. The average Bonchev–Trinajstić information content (AvgIpc) is 2.63. The Labute approximate surface area is 171 Å². The predicted molar refractivity (Wildman–Crippen MR) is 102 cm³/mol. The van der Waals surface area contributed by atoms with Crippen molar-refractivity contribution in [3.8, 4) is 0 Å². The zero-order chi connectivity index (χ0) is 22.6. The van der Waals surface area contributed by atoms with Crippen LogP contribution in [0.4, 0.5) is 0 Å². The maximum absolute atomic E-state index is 13.0. The second-order valence-corrected chi connectivity index (χ2v) is 11.3. The first-order valence-corrected chi connectivity index (χ1v) is 12.6. The van der Waals surface area contributed by atoms with E-state index in [0.717, 1.165) is 37.3 Å². The maximum atomic E-state index is 13.0. The molecule has 160 valence electrons. The molecule has 1 aliphatic rings. The highest BCUT2D eigenvalue weighted by molar-refractivity contribution is 7.92. The van der Waals surface area contributed by atoms with Crippen molar-refractivity contribution in [2.45, 2.75) is 22.1 Å². The van der Waals surface area contributed by atoms with Gasteiger partial charge >= 0.3 is 0 Å². The Morgan fingerprint density at radius 2 is 1.53 bits per heavy atom. The van der Waals surface area contributed by atoms with E-state index in [1.165, 1.54) is 6.07 Å². The largest absolute Gasteiger partial charge is 0.289 e. The average molecular weight is 474 g/mol. The predicted octanol–water partition coefficient (Wildman–Crippen LogP) is -0.378. The summed E-state index contributed by atoms with van der Waals surface area (Å²) < 4.78 is 81.5. The number of sulfonamides is 2. The Morgan fingerprint density at radius 3 is 2.10 bits per heavy atom. The first-order valence-electron chi connectivity index (χ1n) is 8.02. The molecule has 0 spiro atoms. The van der Waals surface area contributed by atoms with Crippen molar-refractivity contribution in [2.75, 3.05) is 0 Å². The van der Waals surface area contributed by atoms with Crippen LogP contribution in [0.2, 0.25) is 0 Å². The molecule has 0 saturated carbocycles. The minimum Gasteiger partial charge on any atom is -0.289 e. The number of carbonyl (C=O) groups excluding carboxylic acids is 2. The highest BCUT2D eigenvalue weighted by Gasteiger charge is 2.36. The molecule has 0 radical (unpaired) electrons. The lowest BCUT2D eigenvalue weighted by Gasteiger charge is -2.21. The number of ketones is 2. The molecule has 1 atom stereocenters. The number of hydrogen-bond donors (Lipinski definition) is 3. The van der Waals surface area contributed by atoms with E-state index >= 15 is 0 Å². The van der Waals surface area contributed by atoms with Gasteiger partial charge in [0, 0.05) is 16.7 Å². The summed E-state index contributed by atoms with van der Waals surface area (Å²) in [7, 11) is -13.6. The molecule has 1 aliphatic carbocycles. The summed E-state index contributed by atoms with van der Waals surface area (Å²) >= 11 is 0. The van der Waals surface area contributed by atoms with Crippen LogP contribution in [0.15, 0.2) is 46.2 Å². The Bertz CT molecular complexity index is 1430. The Morgan fingerprint density at radius 1 is 0.900 bits per heavy atom. The zero-order valence-electron chi connectivity index (χ0n) is 15.1. The van der Waals surface area contributed by atoms with Gasteiger partial charge in [0.05, 0.1) is 15.4 Å². The van der Waals surface area contributed by atoms with Gasteiger partial charge < -0.3 is 0 Å². The van der Waals surface area contributed by atoms with Crippen LogP contribution in [-0.4, -0.2) is 46.7 Å². The molecule has 1 unspecified atom stereocenters. The summed E-state index contributed by atoms with van der Waals surface area (Å²) in [6.07, 6.45) is 0. The third kappa shape index (κ3) is 3.80. The number of rotatable bonds is 5. The lowest BCUT2D eigenvalue weighted by Crippen LogP contribution is -2.39. The summed E-state index contributed by atoms with van der Waals surface area (Å²) in [5, 5.41) is 3.13. The van der Waals surface area contributed by atoms with Crippen LogP contribution in [0.3, 0.4) is 0 Å². The molecule has 14 heteroatoms. The molecule has 2 aromatic carbocycles. The number of carbonyl (C=O) groups is 2. The molecule has 0 heterocycles. The highest BCUT2D eigenvalue weighted by Crippen LogP contribution is 2.32. The van der Waals surface area contributed by atoms with Crippen LogP contribution in [-0.2, 0) is 30.2 Å². The lowest BCUT2D eigenvalue weighted by atomic mass is 9.84. The summed E-state index contributed by atoms with van der Waals surface area (Å²) in [6, 6.07) is 6.29. The van der Waals surface area contributed by atoms with Crippen LogP contribution >= 0.6 is 0 Å². The van der Waals surface area contributed by atoms with Gasteiger partial charge in [0.1, 0.15) is 5.37 Å². The van der Waals surface area contributed by atoms with E-state index in [4.69, 9.17) is 9.69 Å². The van der Waals surface area contributed by atoms with Crippen molar-refractivity contribution in [2.24, 2.45) is 5.14 Å². The van der Waals surface area contributed by atoms with Crippen LogP contribution < -0.4 is 9.86 Å². The summed E-state index contributed by atoms with van der Waals surface area (Å²) in [5.41, 5.74) is -1.34. The van der Waals surface area contributed by atoms with Crippen molar-refractivity contribution in [1.82, 2.24) is 4.72 Å². The molecule has 4 N–H and O–H groups in total. The zero-order valence-corrected chi connectivity index (χ0v) is 17.5. The van der Waals surface area contributed by atoms with E-state index in [1.54, 1.807) is 4.72 Å². The van der Waals surface area contributed by atoms with Gasteiger partial charge in [-0.1, -0.05) is 12.1 Å². The van der Waals surface area contributed by atoms with Crippen LogP contribution in [0.25, 0.3) is 0 Å². The molecule has 0 amide bonds. The monoisotopic (exact) mass is 474 g/mol. The third-order valence-electron chi connectivity index (χ3n) is 4.36. The van der Waals surface area contributed by atoms with Crippen molar-refractivity contribution in [3.05, 3.63) is 58.7 Å². The van der Waals surface area contributed by atoms with E-state index in [-0.39, 0.29) is 16.7 Å². The molecule has 0 fully saturated rings. The number of primary sulfonamides is 1. The fourth-order valence-corrected chi connectivity index (χ4v) is 5.59. The third-order valence-corrected chi connectivity index (χ3v) is 8.02. The number of fused-ring (bicyclic) bond motifs is 2. The summed E-state index contributed by atoms with van der Waals surface area (Å²) in [4.78, 5) is 24.8. The number of hydrogen-bond acceptors (Lipinski definition) is 8. The van der Waals surface area contributed by atoms with Crippen LogP contribution in [0, 0.1) is 0 Å². The molecule has 30 heavy (non-hydrogen) atoms. The molecule has 0 aromatic heterocycles. The molecule has 3 rings (SSSR count). The van der Waals surface area contributed by atoms with Gasteiger partial charge in [0.25, 0.3) is 10.1 Å². The van der Waals surface area contributed by atoms with Gasteiger partial charge in [-0.3, -0.25) is 14.1 Å². The lowest BCUT2D eigenvalue weighted by molar-refractivity contribution is 0.0976. The van der Waals surface area contributed by atoms with Gasteiger partial charge in [0.2, 0.25) is 20.0 Å². The Kier molecular flexibility index (Phi) is 5.21. The maximum Gasteiger partial charge on any atom is 0.281 e. The molecular weight excluding hydrogens is 460 g/mol. The van der Waals surface area contributed by atoms with Crippen molar-refractivity contribution >= 4 is 41.7 Å². The minimum absolute atomic E-state index is 0.245. The van der Waals surface area contributed by atoms with E-state index < -0.39 is 62.5 Å². The van der Waals surface area contributed by atoms with Gasteiger partial charge in [-0.15, -0.1) is 0 Å². The topological polar surface area (TPSA) is 195 Å². The quantitative estimate of drug-likeness (QED) is 0.413. The van der Waals surface area contributed by atoms with Crippen molar-refractivity contribution < 1.29 is 39.4 Å². The molecule has 0 saturated heterocycles. The smallest absolute Gasteiger partial charge is 0.281 e. The van der Waals surface area contributed by atoms with E-state index in [1.807, 2.05) is 0 Å². The molecule has 0 bridgehead atoms. The van der Waals surface area contributed by atoms with Gasteiger partial charge in [-0.05, 0) is 31.2 Å². The second-order valence-electron chi connectivity index (χ2n) is 6.37. The van der Waals surface area contributed by atoms with E-state index in [0.29, 0.717) is 0 Å². The SMILES string of the molecule is CC(NS(=O)(=O)c1cccc2c1C(=O)c1ccc(S(N)(=O)=O)cc1C2=O)S(=O)(=O)O. The minimum atomic E-state index is -4.77. The second kappa shape index (κ2) is 7.04. The van der Waals surface area contributed by atoms with Gasteiger partial charge in [0.15, 0.2) is 11.6 Å².